The van der Waals surface area contributed by atoms with E-state index in [1.54, 1.807) is 0 Å². The van der Waals surface area contributed by atoms with Crippen molar-refractivity contribution in [2.24, 2.45) is 5.73 Å². The van der Waals surface area contributed by atoms with Crippen molar-refractivity contribution in [3.63, 3.8) is 0 Å². The van der Waals surface area contributed by atoms with Crippen molar-refractivity contribution >= 4 is 5.69 Å². The zero-order valence-electron chi connectivity index (χ0n) is 9.49. The lowest BCUT2D eigenvalue weighted by atomic mass is 10.1. The van der Waals surface area contributed by atoms with E-state index in [4.69, 9.17) is 16.2 Å². The molecule has 15 heavy (non-hydrogen) atoms. The number of rotatable bonds is 5. The Kier molecular flexibility index (Phi) is 4.43. The molecule has 1 aromatic carbocycles. The molecule has 0 aromatic heterocycles. The van der Waals surface area contributed by atoms with Crippen LogP contribution in [0, 0.1) is 0 Å². The monoisotopic (exact) mass is 208 g/mol. The molecule has 0 heterocycles. The van der Waals surface area contributed by atoms with Gasteiger partial charge < -0.3 is 16.2 Å². The Balaban J connectivity index is 2.82. The summed E-state index contributed by atoms with van der Waals surface area (Å²) >= 11 is 0. The van der Waals surface area contributed by atoms with Gasteiger partial charge in [0, 0.05) is 5.69 Å². The summed E-state index contributed by atoms with van der Waals surface area (Å²) in [5.74, 6) is 0.924. The highest BCUT2D eigenvalue weighted by Gasteiger charge is 2.05. The molecule has 0 aliphatic rings. The number of hydrogen-bond donors (Lipinski definition) is 2. The van der Waals surface area contributed by atoms with Gasteiger partial charge in [0.05, 0.1) is 6.10 Å². The maximum atomic E-state index is 5.74. The molecule has 84 valence electrons. The third-order valence-corrected chi connectivity index (χ3v) is 2.10. The third kappa shape index (κ3) is 3.80. The van der Waals surface area contributed by atoms with Crippen LogP contribution in [0.4, 0.5) is 5.69 Å². The molecule has 4 N–H and O–H groups in total. The Morgan fingerprint density at radius 2 is 2.07 bits per heavy atom. The maximum absolute atomic E-state index is 5.74. The second-order valence-corrected chi connectivity index (χ2v) is 3.93. The summed E-state index contributed by atoms with van der Waals surface area (Å²) in [5, 5.41) is 0. The number of ether oxygens (including phenoxy) is 1. The molecule has 0 saturated heterocycles. The van der Waals surface area contributed by atoms with Crippen LogP contribution in [0.5, 0.6) is 5.75 Å². The van der Waals surface area contributed by atoms with E-state index >= 15 is 0 Å². The highest BCUT2D eigenvalue weighted by atomic mass is 16.5. The predicted octanol–water partition coefficient (Wildman–Crippen LogP) is 1.95. The van der Waals surface area contributed by atoms with E-state index in [9.17, 15) is 0 Å². The number of hydrogen-bond acceptors (Lipinski definition) is 3. The molecule has 0 amide bonds. The number of nitrogens with two attached hydrogens (primary N) is 2. The molecule has 3 heteroatoms. The molecule has 1 rings (SSSR count). The van der Waals surface area contributed by atoms with Gasteiger partial charge >= 0.3 is 0 Å². The number of nitrogen functional groups attached to an aromatic ring is 1. The fourth-order valence-electron chi connectivity index (χ4n) is 1.46. The molecule has 0 spiro atoms. The lowest BCUT2D eigenvalue weighted by Gasteiger charge is -2.14. The first-order chi connectivity index (χ1) is 7.13. The predicted molar refractivity (Wildman–Crippen MR) is 64.0 cm³/mol. The number of benzene rings is 1. The summed E-state index contributed by atoms with van der Waals surface area (Å²) in [4.78, 5) is 0. The number of anilines is 1. The van der Waals surface area contributed by atoms with Gasteiger partial charge in [-0.05, 0) is 57.0 Å². The maximum Gasteiger partial charge on any atom is 0.123 e. The van der Waals surface area contributed by atoms with Gasteiger partial charge in [-0.3, -0.25) is 0 Å². The second-order valence-electron chi connectivity index (χ2n) is 3.93. The van der Waals surface area contributed by atoms with E-state index in [-0.39, 0.29) is 6.10 Å². The van der Waals surface area contributed by atoms with Gasteiger partial charge in [-0.25, -0.2) is 0 Å². The van der Waals surface area contributed by atoms with E-state index in [1.165, 1.54) is 0 Å². The molecule has 1 aromatic rings. The van der Waals surface area contributed by atoms with Crippen molar-refractivity contribution in [2.75, 3.05) is 12.3 Å². The molecule has 0 aliphatic carbocycles. The van der Waals surface area contributed by atoms with Crippen molar-refractivity contribution in [2.45, 2.75) is 32.8 Å². The van der Waals surface area contributed by atoms with E-state index in [0.717, 1.165) is 29.8 Å². The van der Waals surface area contributed by atoms with Crippen molar-refractivity contribution < 1.29 is 4.74 Å². The van der Waals surface area contributed by atoms with Crippen LogP contribution < -0.4 is 16.2 Å². The average Bonchev–Trinajstić information content (AvgIpc) is 2.18. The molecule has 0 bridgehead atoms. The number of aryl methyl sites for hydroxylation is 1. The summed E-state index contributed by atoms with van der Waals surface area (Å²) in [6, 6.07) is 5.76. The highest BCUT2D eigenvalue weighted by molar-refractivity contribution is 5.48. The minimum absolute atomic E-state index is 0.185. The Morgan fingerprint density at radius 3 is 2.67 bits per heavy atom. The highest BCUT2D eigenvalue weighted by Crippen LogP contribution is 2.23. The second kappa shape index (κ2) is 5.61. The zero-order valence-corrected chi connectivity index (χ0v) is 9.49. The van der Waals surface area contributed by atoms with Crippen LogP contribution in [0.1, 0.15) is 25.8 Å². The molecule has 0 atom stereocenters. The molecular formula is C12H20N2O. The van der Waals surface area contributed by atoms with Crippen LogP contribution in [0.15, 0.2) is 18.2 Å². The Labute approximate surface area is 91.4 Å². The fourth-order valence-corrected chi connectivity index (χ4v) is 1.46. The van der Waals surface area contributed by atoms with Gasteiger partial charge in [0.15, 0.2) is 0 Å². The van der Waals surface area contributed by atoms with Crippen molar-refractivity contribution in [1.82, 2.24) is 0 Å². The van der Waals surface area contributed by atoms with Crippen LogP contribution in [0.2, 0.25) is 0 Å². The van der Waals surface area contributed by atoms with E-state index < -0.39 is 0 Å². The molecule has 3 nitrogen and oxygen atoms in total. The molecule has 0 unspecified atom stereocenters. The third-order valence-electron chi connectivity index (χ3n) is 2.10. The molecule has 0 radical (unpaired) electrons. The normalized spacial score (nSPS) is 10.7. The Bertz CT molecular complexity index is 310. The van der Waals surface area contributed by atoms with Gasteiger partial charge in [-0.2, -0.15) is 0 Å². The van der Waals surface area contributed by atoms with Gasteiger partial charge in [0.25, 0.3) is 0 Å². The first kappa shape index (κ1) is 11.9. The largest absolute Gasteiger partial charge is 0.491 e. The van der Waals surface area contributed by atoms with E-state index in [2.05, 4.69) is 0 Å². The van der Waals surface area contributed by atoms with Crippen LogP contribution in [0.25, 0.3) is 0 Å². The van der Waals surface area contributed by atoms with Crippen molar-refractivity contribution in [1.29, 1.82) is 0 Å². The summed E-state index contributed by atoms with van der Waals surface area (Å²) in [7, 11) is 0. The lowest BCUT2D eigenvalue weighted by Crippen LogP contribution is -2.09. The molecule has 0 aliphatic heterocycles. The van der Waals surface area contributed by atoms with Crippen LogP contribution >= 0.6 is 0 Å². The standard InChI is InChI=1S/C12H20N2O/c1-9(2)15-12-6-5-11(14)8-10(12)4-3-7-13/h5-6,8-9H,3-4,7,13-14H2,1-2H3. The van der Waals surface area contributed by atoms with Crippen molar-refractivity contribution in [3.05, 3.63) is 23.8 Å². The van der Waals surface area contributed by atoms with Gasteiger partial charge in [-0.1, -0.05) is 0 Å². The quantitative estimate of drug-likeness (QED) is 0.727. The van der Waals surface area contributed by atoms with Crippen molar-refractivity contribution in [3.8, 4) is 5.75 Å². The van der Waals surface area contributed by atoms with Crippen LogP contribution in [0.3, 0.4) is 0 Å². The van der Waals surface area contributed by atoms with Gasteiger partial charge in [0.1, 0.15) is 5.75 Å². The first-order valence-electron chi connectivity index (χ1n) is 5.38. The molecule has 0 fully saturated rings. The minimum atomic E-state index is 0.185. The van der Waals surface area contributed by atoms with Crippen LogP contribution in [-0.2, 0) is 6.42 Å². The smallest absolute Gasteiger partial charge is 0.123 e. The summed E-state index contributed by atoms with van der Waals surface area (Å²) in [6.45, 7) is 4.72. The average molecular weight is 208 g/mol. The van der Waals surface area contributed by atoms with Gasteiger partial charge in [-0.15, -0.1) is 0 Å². The van der Waals surface area contributed by atoms with E-state index in [1.807, 2.05) is 32.0 Å². The Hall–Kier alpha value is -1.22. The zero-order chi connectivity index (χ0) is 11.3. The topological polar surface area (TPSA) is 61.3 Å². The minimum Gasteiger partial charge on any atom is -0.491 e. The lowest BCUT2D eigenvalue weighted by molar-refractivity contribution is 0.240. The first-order valence-corrected chi connectivity index (χ1v) is 5.38. The molecular weight excluding hydrogens is 188 g/mol. The summed E-state index contributed by atoms with van der Waals surface area (Å²) in [6.07, 6.45) is 2.06. The molecule has 0 saturated carbocycles. The Morgan fingerprint density at radius 1 is 1.33 bits per heavy atom. The summed E-state index contributed by atoms with van der Waals surface area (Å²) < 4.78 is 5.70. The van der Waals surface area contributed by atoms with Crippen LogP contribution in [-0.4, -0.2) is 12.6 Å². The summed E-state index contributed by atoms with van der Waals surface area (Å²) in [5.41, 5.74) is 13.2. The van der Waals surface area contributed by atoms with E-state index in [0.29, 0.717) is 6.54 Å². The fraction of sp³-hybridized carbons (Fsp3) is 0.500. The SMILES string of the molecule is CC(C)Oc1ccc(N)cc1CCCN. The van der Waals surface area contributed by atoms with Gasteiger partial charge in [0.2, 0.25) is 0 Å².